The summed E-state index contributed by atoms with van der Waals surface area (Å²) in [4.78, 5) is 17.3. The number of likely N-dealkylation sites (tertiary alicyclic amines) is 1. The molecule has 9 heteroatoms. The maximum Gasteiger partial charge on any atom is 0.401 e. The van der Waals surface area contributed by atoms with Crippen molar-refractivity contribution >= 4 is 11.7 Å². The molecule has 0 aromatic carbocycles. The molecule has 1 atom stereocenters. The lowest BCUT2D eigenvalue weighted by Gasteiger charge is -2.18. The summed E-state index contributed by atoms with van der Waals surface area (Å²) in [7, 11) is 1.55. The SMILES string of the molecule is COCCNC(=O)c1ccc(NC2CCN(CC(F)(F)F)C2)nc1. The van der Waals surface area contributed by atoms with Crippen molar-refractivity contribution < 1.29 is 22.7 Å². The Balaban J connectivity index is 1.81. The fourth-order valence-electron chi connectivity index (χ4n) is 2.54. The van der Waals surface area contributed by atoms with Crippen LogP contribution < -0.4 is 10.6 Å². The molecule has 1 aliphatic rings. The van der Waals surface area contributed by atoms with Gasteiger partial charge in [0.15, 0.2) is 0 Å². The lowest BCUT2D eigenvalue weighted by atomic mass is 10.2. The van der Waals surface area contributed by atoms with Gasteiger partial charge >= 0.3 is 6.18 Å². The van der Waals surface area contributed by atoms with Crippen LogP contribution in [0.2, 0.25) is 0 Å². The van der Waals surface area contributed by atoms with Gasteiger partial charge in [-0.3, -0.25) is 9.69 Å². The van der Waals surface area contributed by atoms with Crippen LogP contribution in [0, 0.1) is 0 Å². The molecule has 134 valence electrons. The van der Waals surface area contributed by atoms with E-state index in [4.69, 9.17) is 4.74 Å². The second-order valence-electron chi connectivity index (χ2n) is 5.66. The van der Waals surface area contributed by atoms with Crippen molar-refractivity contribution in [3.63, 3.8) is 0 Å². The first-order valence-electron chi connectivity index (χ1n) is 7.66. The molecule has 0 bridgehead atoms. The summed E-state index contributed by atoms with van der Waals surface area (Å²) in [6, 6.07) is 3.19. The number of nitrogens with zero attached hydrogens (tertiary/aromatic N) is 2. The van der Waals surface area contributed by atoms with Gasteiger partial charge in [0.05, 0.1) is 18.7 Å². The van der Waals surface area contributed by atoms with Gasteiger partial charge < -0.3 is 15.4 Å². The van der Waals surface area contributed by atoms with Crippen molar-refractivity contribution in [1.82, 2.24) is 15.2 Å². The molecule has 1 unspecified atom stereocenters. The van der Waals surface area contributed by atoms with E-state index in [0.717, 1.165) is 0 Å². The number of alkyl halides is 3. The van der Waals surface area contributed by atoms with E-state index >= 15 is 0 Å². The zero-order valence-corrected chi connectivity index (χ0v) is 13.4. The molecule has 1 fully saturated rings. The average Bonchev–Trinajstić information content (AvgIpc) is 2.93. The predicted molar refractivity (Wildman–Crippen MR) is 83.0 cm³/mol. The first-order valence-corrected chi connectivity index (χ1v) is 7.66. The van der Waals surface area contributed by atoms with E-state index in [1.165, 1.54) is 11.1 Å². The fraction of sp³-hybridized carbons (Fsp3) is 0.600. The third-order valence-corrected chi connectivity index (χ3v) is 3.64. The molecule has 1 aliphatic heterocycles. The zero-order chi connectivity index (χ0) is 17.6. The van der Waals surface area contributed by atoms with E-state index in [1.807, 2.05) is 0 Å². The molecule has 0 aliphatic carbocycles. The van der Waals surface area contributed by atoms with Crippen LogP contribution in [-0.2, 0) is 4.74 Å². The summed E-state index contributed by atoms with van der Waals surface area (Å²) in [5.74, 6) is 0.297. The number of amides is 1. The van der Waals surface area contributed by atoms with Crippen molar-refractivity contribution in [3.8, 4) is 0 Å². The van der Waals surface area contributed by atoms with Gasteiger partial charge in [0, 0.05) is 39.0 Å². The molecule has 1 aromatic heterocycles. The number of carbonyl (C=O) groups excluding carboxylic acids is 1. The highest BCUT2D eigenvalue weighted by molar-refractivity contribution is 5.94. The van der Waals surface area contributed by atoms with Gasteiger partial charge in [-0.2, -0.15) is 13.2 Å². The summed E-state index contributed by atoms with van der Waals surface area (Å²) >= 11 is 0. The van der Waals surface area contributed by atoms with Crippen molar-refractivity contribution in [2.45, 2.75) is 18.6 Å². The highest BCUT2D eigenvalue weighted by atomic mass is 19.4. The molecular formula is C15H21F3N4O2. The number of anilines is 1. The molecule has 2 heterocycles. The first-order chi connectivity index (χ1) is 11.4. The number of halogens is 3. The Hall–Kier alpha value is -1.87. The molecule has 2 rings (SSSR count). The molecule has 0 saturated carbocycles. The lowest BCUT2D eigenvalue weighted by molar-refractivity contribution is -0.143. The zero-order valence-electron chi connectivity index (χ0n) is 13.4. The van der Waals surface area contributed by atoms with Crippen LogP contribution in [0.4, 0.5) is 19.0 Å². The second kappa shape index (κ2) is 8.29. The monoisotopic (exact) mass is 346 g/mol. The minimum absolute atomic E-state index is 0.0822. The number of carbonyl (C=O) groups is 1. The third-order valence-electron chi connectivity index (χ3n) is 3.64. The van der Waals surface area contributed by atoms with E-state index in [9.17, 15) is 18.0 Å². The van der Waals surface area contributed by atoms with Gasteiger partial charge in [0.25, 0.3) is 5.91 Å². The minimum Gasteiger partial charge on any atom is -0.383 e. The van der Waals surface area contributed by atoms with Crippen LogP contribution in [0.15, 0.2) is 18.3 Å². The summed E-state index contributed by atoms with van der Waals surface area (Å²) in [5, 5.41) is 5.79. The van der Waals surface area contributed by atoms with E-state index in [0.29, 0.717) is 44.0 Å². The number of ether oxygens (including phenoxy) is 1. The Morgan fingerprint density at radius 2 is 2.25 bits per heavy atom. The topological polar surface area (TPSA) is 66.5 Å². The minimum atomic E-state index is -4.18. The molecule has 0 radical (unpaired) electrons. The van der Waals surface area contributed by atoms with Crippen LogP contribution in [-0.4, -0.2) is 67.9 Å². The van der Waals surface area contributed by atoms with Crippen LogP contribution >= 0.6 is 0 Å². The van der Waals surface area contributed by atoms with Crippen LogP contribution in [0.25, 0.3) is 0 Å². The predicted octanol–water partition coefficient (Wildman–Crippen LogP) is 1.51. The van der Waals surface area contributed by atoms with Crippen molar-refractivity contribution in [2.24, 2.45) is 0 Å². The van der Waals surface area contributed by atoms with Gasteiger partial charge in [-0.15, -0.1) is 0 Å². The molecule has 6 nitrogen and oxygen atoms in total. The van der Waals surface area contributed by atoms with E-state index in [1.54, 1.807) is 19.2 Å². The largest absolute Gasteiger partial charge is 0.401 e. The highest BCUT2D eigenvalue weighted by Crippen LogP contribution is 2.21. The van der Waals surface area contributed by atoms with E-state index < -0.39 is 12.7 Å². The normalized spacial score (nSPS) is 18.6. The number of hydrogen-bond donors (Lipinski definition) is 2. The number of pyridine rings is 1. The third kappa shape index (κ3) is 5.97. The molecule has 0 spiro atoms. The van der Waals surface area contributed by atoms with Crippen LogP contribution in [0.3, 0.4) is 0 Å². The second-order valence-corrected chi connectivity index (χ2v) is 5.66. The molecule has 1 saturated heterocycles. The molecule has 1 amide bonds. The Labute approximate surface area is 138 Å². The van der Waals surface area contributed by atoms with E-state index in [2.05, 4.69) is 15.6 Å². The van der Waals surface area contributed by atoms with Gasteiger partial charge in [-0.1, -0.05) is 0 Å². The van der Waals surface area contributed by atoms with Crippen molar-refractivity contribution in [3.05, 3.63) is 23.9 Å². The van der Waals surface area contributed by atoms with E-state index in [-0.39, 0.29) is 11.9 Å². The number of hydrogen-bond acceptors (Lipinski definition) is 5. The van der Waals surface area contributed by atoms with Crippen LogP contribution in [0.5, 0.6) is 0 Å². The molecular weight excluding hydrogens is 325 g/mol. The maximum atomic E-state index is 12.4. The lowest BCUT2D eigenvalue weighted by Crippen LogP contribution is -2.34. The smallest absolute Gasteiger partial charge is 0.383 e. The van der Waals surface area contributed by atoms with Gasteiger partial charge in [-0.25, -0.2) is 4.98 Å². The quantitative estimate of drug-likeness (QED) is 0.733. The Morgan fingerprint density at radius 3 is 2.88 bits per heavy atom. The summed E-state index contributed by atoms with van der Waals surface area (Å²) < 4.78 is 42.0. The van der Waals surface area contributed by atoms with Crippen molar-refractivity contribution in [1.29, 1.82) is 0 Å². The number of aromatic nitrogens is 1. The first kappa shape index (κ1) is 18.5. The number of methoxy groups -OCH3 is 1. The highest BCUT2D eigenvalue weighted by Gasteiger charge is 2.34. The standard InChI is InChI=1S/C15H21F3N4O2/c1-24-7-5-19-14(23)11-2-3-13(20-8-11)21-12-4-6-22(9-12)10-15(16,17)18/h2-3,8,12H,4-7,9-10H2,1H3,(H,19,23)(H,20,21). The number of rotatable bonds is 7. The molecule has 2 N–H and O–H groups in total. The van der Waals surface area contributed by atoms with Gasteiger partial charge in [0.2, 0.25) is 0 Å². The molecule has 24 heavy (non-hydrogen) atoms. The fourth-order valence-corrected chi connectivity index (χ4v) is 2.54. The Morgan fingerprint density at radius 1 is 1.46 bits per heavy atom. The Bertz CT molecular complexity index is 537. The van der Waals surface area contributed by atoms with Crippen molar-refractivity contribution in [2.75, 3.05) is 45.2 Å². The van der Waals surface area contributed by atoms with Gasteiger partial charge in [0.1, 0.15) is 5.82 Å². The Kier molecular flexibility index (Phi) is 6.38. The summed E-state index contributed by atoms with van der Waals surface area (Å²) in [5.41, 5.74) is 0.418. The summed E-state index contributed by atoms with van der Waals surface area (Å²) in [6.07, 6.45) is -2.12. The maximum absolute atomic E-state index is 12.4. The van der Waals surface area contributed by atoms with Crippen LogP contribution in [0.1, 0.15) is 16.8 Å². The van der Waals surface area contributed by atoms with Gasteiger partial charge in [-0.05, 0) is 18.6 Å². The number of nitrogens with one attached hydrogen (secondary N) is 2. The molecule has 1 aromatic rings. The summed E-state index contributed by atoms with van der Waals surface area (Å²) in [6.45, 7) is 0.665. The average molecular weight is 346 g/mol.